The molecule has 0 N–H and O–H groups in total. The van der Waals surface area contributed by atoms with E-state index in [1.54, 1.807) is 6.07 Å². The molecule has 0 atom stereocenters. The van der Waals surface area contributed by atoms with E-state index in [9.17, 15) is 13.2 Å². The summed E-state index contributed by atoms with van der Waals surface area (Å²) in [7, 11) is 0. The molecule has 0 unspecified atom stereocenters. The van der Waals surface area contributed by atoms with Crippen LogP contribution in [0, 0.1) is 0 Å². The molecule has 0 saturated heterocycles. The van der Waals surface area contributed by atoms with Gasteiger partial charge in [-0.1, -0.05) is 22.0 Å². The minimum atomic E-state index is -3.75. The van der Waals surface area contributed by atoms with Crippen LogP contribution in [0.3, 0.4) is 0 Å². The van der Waals surface area contributed by atoms with Crippen LogP contribution in [0.25, 0.3) is 0 Å². The quantitative estimate of drug-likeness (QED) is 0.804. The van der Waals surface area contributed by atoms with Crippen LogP contribution >= 0.6 is 15.9 Å². The fraction of sp³-hybridized carbons (Fsp3) is 0.250. The zero-order valence-electron chi connectivity index (χ0n) is 6.44. The lowest BCUT2D eigenvalue weighted by Gasteiger charge is -2.14. The van der Waals surface area contributed by atoms with Gasteiger partial charge in [0.1, 0.15) is 5.75 Å². The summed E-state index contributed by atoms with van der Waals surface area (Å²) in [6, 6.07) is 5.84. The van der Waals surface area contributed by atoms with Crippen LogP contribution in [-0.2, 0) is 0 Å². The predicted molar refractivity (Wildman–Crippen MR) is 45.7 cm³/mol. The Labute approximate surface area is 81.6 Å². The van der Waals surface area contributed by atoms with E-state index in [0.717, 1.165) is 0 Å². The third-order valence-electron chi connectivity index (χ3n) is 1.22. The molecule has 0 saturated carbocycles. The van der Waals surface area contributed by atoms with Crippen molar-refractivity contribution in [3.05, 3.63) is 28.7 Å². The zero-order chi connectivity index (χ0) is 9.90. The van der Waals surface area contributed by atoms with Gasteiger partial charge in [0.15, 0.2) is 6.67 Å². The smallest absolute Gasteiger partial charge is 0.427 e. The maximum Gasteiger partial charge on any atom is 0.427 e. The van der Waals surface area contributed by atoms with E-state index in [1.165, 1.54) is 18.2 Å². The molecule has 0 spiro atoms. The van der Waals surface area contributed by atoms with Crippen LogP contribution in [-0.4, -0.2) is 12.8 Å². The topological polar surface area (TPSA) is 9.23 Å². The maximum absolute atomic E-state index is 12.4. The van der Waals surface area contributed by atoms with Gasteiger partial charge in [-0.25, -0.2) is 4.39 Å². The third-order valence-corrected chi connectivity index (χ3v) is 1.71. The number of halogens is 4. The summed E-state index contributed by atoms with van der Waals surface area (Å²) in [5, 5.41) is 0. The second-order valence-corrected chi connectivity index (χ2v) is 3.25. The van der Waals surface area contributed by atoms with Gasteiger partial charge in [-0.3, -0.25) is 0 Å². The maximum atomic E-state index is 12.4. The van der Waals surface area contributed by atoms with Gasteiger partial charge in [0.2, 0.25) is 0 Å². The normalized spacial score (nSPS) is 11.4. The first kappa shape index (κ1) is 10.4. The molecule has 5 heteroatoms. The number of rotatable bonds is 3. The number of ether oxygens (including phenoxy) is 1. The Kier molecular flexibility index (Phi) is 3.19. The Morgan fingerprint density at radius 3 is 2.62 bits per heavy atom. The molecule has 0 amide bonds. The van der Waals surface area contributed by atoms with Crippen molar-refractivity contribution in [2.75, 3.05) is 6.67 Å². The van der Waals surface area contributed by atoms with Crippen LogP contribution < -0.4 is 4.74 Å². The van der Waals surface area contributed by atoms with Crippen LogP contribution in [0.2, 0.25) is 0 Å². The largest absolute Gasteiger partial charge is 0.431 e. The van der Waals surface area contributed by atoms with Crippen LogP contribution in [0.4, 0.5) is 13.2 Å². The van der Waals surface area contributed by atoms with Crippen LogP contribution in [0.15, 0.2) is 28.7 Å². The van der Waals surface area contributed by atoms with E-state index in [2.05, 4.69) is 20.7 Å². The lowest BCUT2D eigenvalue weighted by Crippen LogP contribution is -2.26. The SMILES string of the molecule is FCC(F)(F)Oc1cccc(Br)c1. The lowest BCUT2D eigenvalue weighted by atomic mass is 10.3. The highest BCUT2D eigenvalue weighted by molar-refractivity contribution is 9.10. The summed E-state index contributed by atoms with van der Waals surface area (Å²) in [5.74, 6) is -0.0722. The summed E-state index contributed by atoms with van der Waals surface area (Å²) >= 11 is 3.07. The molecular weight excluding hydrogens is 249 g/mol. The van der Waals surface area contributed by atoms with Crippen molar-refractivity contribution in [2.24, 2.45) is 0 Å². The van der Waals surface area contributed by atoms with Gasteiger partial charge in [0, 0.05) is 4.47 Å². The third kappa shape index (κ3) is 3.26. The first-order valence-electron chi connectivity index (χ1n) is 3.42. The molecule has 0 radical (unpaired) electrons. The summed E-state index contributed by atoms with van der Waals surface area (Å²) < 4.78 is 41.1. The molecule has 0 fully saturated rings. The van der Waals surface area contributed by atoms with E-state index in [-0.39, 0.29) is 5.75 Å². The Hall–Kier alpha value is -0.710. The number of alkyl halides is 3. The average molecular weight is 255 g/mol. The molecule has 0 bridgehead atoms. The van der Waals surface area contributed by atoms with Gasteiger partial charge in [-0.2, -0.15) is 8.78 Å². The second kappa shape index (κ2) is 4.00. The minimum Gasteiger partial charge on any atom is -0.431 e. The zero-order valence-corrected chi connectivity index (χ0v) is 8.02. The highest BCUT2D eigenvalue weighted by Gasteiger charge is 2.31. The monoisotopic (exact) mass is 254 g/mol. The van der Waals surface area contributed by atoms with Crippen molar-refractivity contribution in [2.45, 2.75) is 6.11 Å². The van der Waals surface area contributed by atoms with E-state index in [4.69, 9.17) is 0 Å². The Morgan fingerprint density at radius 1 is 1.38 bits per heavy atom. The van der Waals surface area contributed by atoms with Crippen molar-refractivity contribution in [1.29, 1.82) is 0 Å². The standard InChI is InChI=1S/C8H6BrF3O/c9-6-2-1-3-7(4-6)13-8(11,12)5-10/h1-4H,5H2. The molecule has 0 aromatic heterocycles. The van der Waals surface area contributed by atoms with E-state index >= 15 is 0 Å². The fourth-order valence-corrected chi connectivity index (χ4v) is 1.11. The first-order chi connectivity index (χ1) is 6.03. The van der Waals surface area contributed by atoms with Crippen molar-refractivity contribution < 1.29 is 17.9 Å². The summed E-state index contributed by atoms with van der Waals surface area (Å²) in [6.07, 6.45) is -3.75. The molecule has 1 aromatic rings. The van der Waals surface area contributed by atoms with E-state index in [0.29, 0.717) is 4.47 Å². The molecule has 72 valence electrons. The summed E-state index contributed by atoms with van der Waals surface area (Å²) in [4.78, 5) is 0. The van der Waals surface area contributed by atoms with E-state index < -0.39 is 12.8 Å². The predicted octanol–water partition coefficient (Wildman–Crippen LogP) is 3.39. The number of benzene rings is 1. The molecule has 1 aromatic carbocycles. The van der Waals surface area contributed by atoms with Gasteiger partial charge in [0.05, 0.1) is 0 Å². The van der Waals surface area contributed by atoms with Gasteiger partial charge in [0.25, 0.3) is 0 Å². The second-order valence-electron chi connectivity index (χ2n) is 2.33. The summed E-state index contributed by atoms with van der Waals surface area (Å²) in [6.45, 7) is -1.83. The molecule has 0 heterocycles. The molecule has 0 aliphatic heterocycles. The van der Waals surface area contributed by atoms with Crippen molar-refractivity contribution in [1.82, 2.24) is 0 Å². The number of hydrogen-bond acceptors (Lipinski definition) is 1. The molecule has 0 aliphatic rings. The van der Waals surface area contributed by atoms with Gasteiger partial charge in [-0.15, -0.1) is 0 Å². The molecule has 1 rings (SSSR count). The van der Waals surface area contributed by atoms with E-state index in [1.807, 2.05) is 0 Å². The Balaban J connectivity index is 2.74. The first-order valence-corrected chi connectivity index (χ1v) is 4.21. The minimum absolute atomic E-state index is 0.0722. The lowest BCUT2D eigenvalue weighted by molar-refractivity contribution is -0.186. The van der Waals surface area contributed by atoms with Crippen LogP contribution in [0.5, 0.6) is 5.75 Å². The highest BCUT2D eigenvalue weighted by atomic mass is 79.9. The fourth-order valence-electron chi connectivity index (χ4n) is 0.730. The molecule has 0 aliphatic carbocycles. The molecule has 1 nitrogen and oxygen atoms in total. The van der Waals surface area contributed by atoms with Gasteiger partial charge in [-0.05, 0) is 18.2 Å². The number of hydrogen-bond donors (Lipinski definition) is 0. The van der Waals surface area contributed by atoms with Crippen molar-refractivity contribution in [3.63, 3.8) is 0 Å². The van der Waals surface area contributed by atoms with Crippen LogP contribution in [0.1, 0.15) is 0 Å². The Bertz CT molecular complexity index is 290. The molecular formula is C8H6BrF3O. The Morgan fingerprint density at radius 2 is 2.08 bits per heavy atom. The highest BCUT2D eigenvalue weighted by Crippen LogP contribution is 2.24. The van der Waals surface area contributed by atoms with Gasteiger partial charge < -0.3 is 4.74 Å². The average Bonchev–Trinajstić information content (AvgIpc) is 2.03. The van der Waals surface area contributed by atoms with Gasteiger partial charge >= 0.3 is 6.11 Å². The summed E-state index contributed by atoms with van der Waals surface area (Å²) in [5.41, 5.74) is 0. The van der Waals surface area contributed by atoms with Crippen molar-refractivity contribution in [3.8, 4) is 5.75 Å². The molecule has 13 heavy (non-hydrogen) atoms. The van der Waals surface area contributed by atoms with Crippen molar-refractivity contribution >= 4 is 15.9 Å².